The van der Waals surface area contributed by atoms with Gasteiger partial charge in [-0.25, -0.2) is 18.4 Å². The van der Waals surface area contributed by atoms with Gasteiger partial charge in [-0.2, -0.15) is 4.31 Å². The second-order valence-electron chi connectivity index (χ2n) is 10.7. The minimum absolute atomic E-state index is 0.0465. The number of halogens is 2. The van der Waals surface area contributed by atoms with Gasteiger partial charge >= 0.3 is 0 Å². The van der Waals surface area contributed by atoms with Crippen LogP contribution in [-0.2, 0) is 27.8 Å². The molecule has 45 heavy (non-hydrogen) atoms. The first kappa shape index (κ1) is 31.0. The molecule has 4 heterocycles. The molecule has 3 aromatic heterocycles. The van der Waals surface area contributed by atoms with Crippen LogP contribution < -0.4 is 10.1 Å². The van der Waals surface area contributed by atoms with Crippen LogP contribution in [0.2, 0.25) is 10.0 Å². The van der Waals surface area contributed by atoms with Crippen LogP contribution in [0.5, 0.6) is 5.75 Å². The normalized spacial score (nSPS) is 15.4. The van der Waals surface area contributed by atoms with Crippen molar-refractivity contribution in [2.24, 2.45) is 0 Å². The molecule has 0 bridgehead atoms. The summed E-state index contributed by atoms with van der Waals surface area (Å²) in [5.74, 6) is 0.147. The van der Waals surface area contributed by atoms with Crippen LogP contribution in [0.1, 0.15) is 29.7 Å². The molecule has 13 heteroatoms. The highest BCUT2D eigenvalue weighted by Crippen LogP contribution is 2.37. The van der Waals surface area contributed by atoms with E-state index < -0.39 is 16.1 Å². The van der Waals surface area contributed by atoms with Gasteiger partial charge in [-0.15, -0.1) is 0 Å². The molecule has 1 saturated heterocycles. The summed E-state index contributed by atoms with van der Waals surface area (Å²) in [6.07, 6.45) is 10.2. The van der Waals surface area contributed by atoms with E-state index in [1.807, 2.05) is 48.0 Å². The summed E-state index contributed by atoms with van der Waals surface area (Å²) >= 11 is 13.3. The molecular weight excluding hydrogens is 635 g/mol. The number of amides is 1. The first-order chi connectivity index (χ1) is 21.7. The monoisotopic (exact) mass is 664 g/mol. The standard InChI is InChI=1S/C32H30Cl2N6O4S/c1-21-18-27(39-17-15-36-20-39)23-4-2-6-28(31(23)38-21)44-19-24-25(33)7-8-29(30(24)34)45(42,43)40-16-3-5-26(40)32(41)37-14-11-22-9-12-35-13-10-22/h2,4,6-10,12-13,15,17-18,20,26H,3,5,11,14,16,19H2,1H3,(H,37,41). The van der Waals surface area contributed by atoms with Crippen LogP contribution in [-0.4, -0.2) is 57.3 Å². The predicted molar refractivity (Wildman–Crippen MR) is 172 cm³/mol. The molecule has 0 saturated carbocycles. The van der Waals surface area contributed by atoms with Crippen LogP contribution in [0.3, 0.4) is 0 Å². The Bertz CT molecular complexity index is 1960. The van der Waals surface area contributed by atoms with Gasteiger partial charge in [0.25, 0.3) is 0 Å². The first-order valence-corrected chi connectivity index (χ1v) is 16.6. The van der Waals surface area contributed by atoms with Crippen molar-refractivity contribution in [3.05, 3.63) is 107 Å². The Morgan fingerprint density at radius 2 is 1.91 bits per heavy atom. The molecule has 1 fully saturated rings. The van der Waals surface area contributed by atoms with E-state index in [-0.39, 0.29) is 34.0 Å². The number of ether oxygens (including phenoxy) is 1. The fourth-order valence-electron chi connectivity index (χ4n) is 5.53. The van der Waals surface area contributed by atoms with Crippen LogP contribution in [0.25, 0.3) is 16.6 Å². The van der Waals surface area contributed by atoms with Crippen LogP contribution in [0, 0.1) is 6.92 Å². The largest absolute Gasteiger partial charge is 0.487 e. The van der Waals surface area contributed by atoms with Gasteiger partial charge in [-0.3, -0.25) is 9.78 Å². The molecule has 10 nitrogen and oxygen atoms in total. The lowest BCUT2D eigenvalue weighted by atomic mass is 10.1. The Kier molecular flexibility index (Phi) is 9.04. The Morgan fingerprint density at radius 3 is 2.69 bits per heavy atom. The Morgan fingerprint density at radius 1 is 1.09 bits per heavy atom. The second-order valence-corrected chi connectivity index (χ2v) is 13.3. The van der Waals surface area contributed by atoms with Gasteiger partial charge in [0, 0.05) is 59.5 Å². The number of benzene rings is 2. The highest BCUT2D eigenvalue weighted by Gasteiger charge is 2.40. The van der Waals surface area contributed by atoms with Gasteiger partial charge in [-0.1, -0.05) is 35.3 Å². The molecule has 1 unspecified atom stereocenters. The molecule has 0 spiro atoms. The number of aromatic nitrogens is 4. The van der Waals surface area contributed by atoms with E-state index in [1.165, 1.54) is 16.4 Å². The topological polar surface area (TPSA) is 119 Å². The molecule has 0 radical (unpaired) electrons. The number of carbonyl (C=O) groups is 1. The molecule has 2 aromatic carbocycles. The Labute approximate surface area is 271 Å². The SMILES string of the molecule is Cc1cc(-n2ccnc2)c2cccc(OCc3c(Cl)ccc(S(=O)(=O)N4CCCC4C(=O)NCCc4ccncc4)c3Cl)c2n1. The second kappa shape index (κ2) is 13.1. The summed E-state index contributed by atoms with van der Waals surface area (Å²) in [7, 11) is -4.14. The minimum Gasteiger partial charge on any atom is -0.487 e. The Hall–Kier alpha value is -4.03. The predicted octanol–water partition coefficient (Wildman–Crippen LogP) is 5.52. The van der Waals surface area contributed by atoms with E-state index in [0.717, 1.165) is 22.3 Å². The van der Waals surface area contributed by atoms with E-state index in [1.54, 1.807) is 31.0 Å². The molecule has 232 valence electrons. The lowest BCUT2D eigenvalue weighted by Gasteiger charge is -2.24. The zero-order valence-electron chi connectivity index (χ0n) is 24.4. The van der Waals surface area contributed by atoms with Crippen molar-refractivity contribution in [1.82, 2.24) is 29.1 Å². The number of aryl methyl sites for hydroxylation is 1. The fraction of sp³-hybridized carbons (Fsp3) is 0.250. The Balaban J connectivity index is 1.22. The molecule has 0 aliphatic carbocycles. The van der Waals surface area contributed by atoms with E-state index in [2.05, 4.69) is 15.3 Å². The van der Waals surface area contributed by atoms with Gasteiger partial charge in [0.15, 0.2) is 0 Å². The van der Waals surface area contributed by atoms with Crippen molar-refractivity contribution in [2.45, 2.75) is 43.7 Å². The van der Waals surface area contributed by atoms with Crippen molar-refractivity contribution < 1.29 is 17.9 Å². The van der Waals surface area contributed by atoms with Gasteiger partial charge in [-0.05, 0) is 68.1 Å². The number of nitrogens with one attached hydrogen (secondary N) is 1. The number of rotatable bonds is 10. The van der Waals surface area contributed by atoms with E-state index in [9.17, 15) is 13.2 Å². The summed E-state index contributed by atoms with van der Waals surface area (Å²) in [6.45, 7) is 2.37. The summed E-state index contributed by atoms with van der Waals surface area (Å²) < 4.78 is 37.2. The van der Waals surface area contributed by atoms with E-state index in [4.69, 9.17) is 32.9 Å². The van der Waals surface area contributed by atoms with Crippen LogP contribution in [0.15, 0.2) is 84.5 Å². The molecule has 6 rings (SSSR count). The maximum Gasteiger partial charge on any atom is 0.245 e. The number of sulfonamides is 1. The third-order valence-electron chi connectivity index (χ3n) is 7.77. The highest BCUT2D eigenvalue weighted by atomic mass is 35.5. The van der Waals surface area contributed by atoms with Crippen molar-refractivity contribution in [3.63, 3.8) is 0 Å². The molecule has 1 N–H and O–H groups in total. The van der Waals surface area contributed by atoms with Crippen molar-refractivity contribution >= 4 is 50.0 Å². The zero-order chi connectivity index (χ0) is 31.6. The van der Waals surface area contributed by atoms with E-state index in [0.29, 0.717) is 42.6 Å². The maximum atomic E-state index is 13.9. The maximum absolute atomic E-state index is 13.9. The molecule has 1 aliphatic heterocycles. The summed E-state index contributed by atoms with van der Waals surface area (Å²) in [4.78, 5) is 25.8. The molecule has 1 amide bonds. The fourth-order valence-corrected chi connectivity index (χ4v) is 8.05. The molecule has 1 aliphatic rings. The molecular formula is C32H30Cl2N6O4S. The third kappa shape index (κ3) is 6.39. The number of fused-ring (bicyclic) bond motifs is 1. The van der Waals surface area contributed by atoms with E-state index >= 15 is 0 Å². The van der Waals surface area contributed by atoms with Gasteiger partial charge in [0.2, 0.25) is 15.9 Å². The number of hydrogen-bond donors (Lipinski definition) is 1. The summed E-state index contributed by atoms with van der Waals surface area (Å²) in [6, 6.07) is 13.3. The van der Waals surface area contributed by atoms with Gasteiger partial charge in [0.05, 0.1) is 17.0 Å². The van der Waals surface area contributed by atoms with Gasteiger partial charge in [0.1, 0.15) is 28.8 Å². The van der Waals surface area contributed by atoms with Crippen LogP contribution in [0.4, 0.5) is 0 Å². The van der Waals surface area contributed by atoms with Crippen molar-refractivity contribution in [3.8, 4) is 11.4 Å². The quantitative estimate of drug-likeness (QED) is 0.209. The summed E-state index contributed by atoms with van der Waals surface area (Å²) in [5, 5.41) is 3.94. The van der Waals surface area contributed by atoms with Crippen molar-refractivity contribution in [1.29, 1.82) is 0 Å². The third-order valence-corrected chi connectivity index (χ3v) is 10.6. The molecule has 1 atom stereocenters. The average Bonchev–Trinajstić information content (AvgIpc) is 3.75. The number of imidazole rings is 1. The first-order valence-electron chi connectivity index (χ1n) is 14.4. The van der Waals surface area contributed by atoms with Crippen molar-refractivity contribution in [2.75, 3.05) is 13.1 Å². The van der Waals surface area contributed by atoms with Gasteiger partial charge < -0.3 is 14.6 Å². The average molecular weight is 666 g/mol. The number of hydrogen-bond acceptors (Lipinski definition) is 7. The number of para-hydroxylation sites is 1. The number of carbonyl (C=O) groups excluding carboxylic acids is 1. The summed E-state index contributed by atoms with van der Waals surface area (Å²) in [5.41, 5.74) is 3.65. The van der Waals surface area contributed by atoms with Crippen LogP contribution >= 0.6 is 23.2 Å². The smallest absolute Gasteiger partial charge is 0.245 e. The number of pyridine rings is 2. The lowest BCUT2D eigenvalue weighted by molar-refractivity contribution is -0.124. The number of nitrogens with zero attached hydrogens (tertiary/aromatic N) is 5. The highest BCUT2D eigenvalue weighted by molar-refractivity contribution is 7.89. The minimum atomic E-state index is -4.14. The zero-order valence-corrected chi connectivity index (χ0v) is 26.7. The lowest BCUT2D eigenvalue weighted by Crippen LogP contribution is -2.46. The molecule has 5 aromatic rings.